The van der Waals surface area contributed by atoms with Crippen molar-refractivity contribution in [3.05, 3.63) is 53.6 Å². The van der Waals surface area contributed by atoms with E-state index in [0.717, 1.165) is 18.2 Å². The molecule has 14 atom stereocenters. The quantitative estimate of drug-likeness (QED) is 0.0525. The van der Waals surface area contributed by atoms with Gasteiger partial charge in [-0.2, -0.15) is 0 Å². The van der Waals surface area contributed by atoms with Crippen molar-refractivity contribution in [2.45, 2.75) is 92.4 Å². The monoisotopic (exact) mass is 786 g/mol. The zero-order valence-corrected chi connectivity index (χ0v) is 29.5. The summed E-state index contributed by atoms with van der Waals surface area (Å²) in [5.74, 6) is -2.07. The topological polar surface area (TPSA) is 313 Å². The third-order valence-corrected chi connectivity index (χ3v) is 9.39. The first kappa shape index (κ1) is 42.4. The molecule has 55 heavy (non-hydrogen) atoms. The van der Waals surface area contributed by atoms with Gasteiger partial charge in [0.15, 0.2) is 48.0 Å². The van der Waals surface area contributed by atoms with Crippen LogP contribution in [0.5, 0.6) is 23.0 Å². The number of hydrogen-bond acceptors (Lipinski definition) is 20. The number of phenols is 3. The Bertz CT molecular complexity index is 1620. The van der Waals surface area contributed by atoms with Gasteiger partial charge in [0.05, 0.1) is 39.6 Å². The number of hydrogen-bond donors (Lipinski definition) is 11. The lowest BCUT2D eigenvalue weighted by Crippen LogP contribution is -2.65. The Kier molecular flexibility index (Phi) is 13.9. The van der Waals surface area contributed by atoms with E-state index in [1.165, 1.54) is 44.4 Å². The highest BCUT2D eigenvalue weighted by Crippen LogP contribution is 2.34. The fourth-order valence-corrected chi connectivity index (χ4v) is 6.03. The Morgan fingerprint density at radius 1 is 0.891 bits per heavy atom. The average Bonchev–Trinajstić information content (AvgIpc) is 3.46. The third-order valence-electron chi connectivity index (χ3n) is 9.39. The van der Waals surface area contributed by atoms with Crippen molar-refractivity contribution in [2.24, 2.45) is 0 Å². The molecule has 3 aliphatic rings. The van der Waals surface area contributed by atoms with Crippen LogP contribution in [0.4, 0.5) is 0 Å². The highest BCUT2D eigenvalue weighted by molar-refractivity contribution is 5.87. The number of aromatic hydroxyl groups is 3. The zero-order chi connectivity index (χ0) is 40.2. The first-order chi connectivity index (χ1) is 26.1. The summed E-state index contributed by atoms with van der Waals surface area (Å²) in [6.07, 6.45) is -19.1. The molecule has 20 heteroatoms. The second kappa shape index (κ2) is 18.0. The van der Waals surface area contributed by atoms with Crippen LogP contribution >= 0.6 is 0 Å². The molecule has 0 aliphatic carbocycles. The number of carbonyl (C=O) groups excluding carboxylic acids is 1. The summed E-state index contributed by atoms with van der Waals surface area (Å²) in [6, 6.07) is 7.72. The van der Waals surface area contributed by atoms with Gasteiger partial charge >= 0.3 is 5.97 Å². The van der Waals surface area contributed by atoms with Gasteiger partial charge in [0.1, 0.15) is 54.4 Å². The maximum absolute atomic E-state index is 13.3. The normalized spacial score (nSPS) is 35.8. The fourth-order valence-electron chi connectivity index (χ4n) is 6.03. The largest absolute Gasteiger partial charge is 0.504 e. The van der Waals surface area contributed by atoms with Crippen LogP contribution in [0.3, 0.4) is 0 Å². The van der Waals surface area contributed by atoms with Crippen molar-refractivity contribution in [2.75, 3.05) is 33.5 Å². The number of methoxy groups -OCH3 is 1. The van der Waals surface area contributed by atoms with Crippen molar-refractivity contribution < 1.29 is 98.9 Å². The van der Waals surface area contributed by atoms with Crippen LogP contribution in [0.2, 0.25) is 0 Å². The summed E-state index contributed by atoms with van der Waals surface area (Å²) in [4.78, 5) is 13.3. The molecule has 20 nitrogen and oxygen atoms in total. The van der Waals surface area contributed by atoms with Crippen molar-refractivity contribution in [1.82, 2.24) is 0 Å². The SMILES string of the molecule is COc1cc(C=CC(=O)OC2C(COC3OCC(O)(CO)C3O)OC(OCC(O)c3ccc(O)c(O)c3)C(O)C2OC2OC(C)C(O)C(O)C2O)ccc1O. The molecule has 14 unspecified atom stereocenters. The van der Waals surface area contributed by atoms with Crippen LogP contribution in [-0.4, -0.2) is 175 Å². The summed E-state index contributed by atoms with van der Waals surface area (Å²) >= 11 is 0. The van der Waals surface area contributed by atoms with Crippen LogP contribution in [0.1, 0.15) is 24.2 Å². The van der Waals surface area contributed by atoms with E-state index in [1.807, 2.05) is 0 Å². The van der Waals surface area contributed by atoms with Gasteiger partial charge in [-0.05, 0) is 48.4 Å². The molecule has 0 bridgehead atoms. The standard InChI is InChI=1S/C35H46O20/c1-15-25(42)26(43)27(44)33(52-15)55-30-28(45)32(49-11-21(40)17-5-7-18(37)20(39)10-17)53-23(12-50-34-31(46)35(47,13-36)14-51-34)29(30)54-24(41)8-4-16-3-6-19(38)22(9-16)48-2/h3-10,15,21,23,25-34,36-40,42-47H,11-14H2,1-2H3. The minimum absolute atomic E-state index is 0.0992. The predicted molar refractivity (Wildman–Crippen MR) is 180 cm³/mol. The summed E-state index contributed by atoms with van der Waals surface area (Å²) in [5.41, 5.74) is -1.58. The highest BCUT2D eigenvalue weighted by atomic mass is 16.8. The summed E-state index contributed by atoms with van der Waals surface area (Å²) < 4.78 is 45.0. The van der Waals surface area contributed by atoms with Crippen LogP contribution in [0, 0.1) is 0 Å². The molecule has 3 saturated heterocycles. The van der Waals surface area contributed by atoms with Crippen LogP contribution in [-0.2, 0) is 38.0 Å². The Morgan fingerprint density at radius 3 is 2.29 bits per heavy atom. The van der Waals surface area contributed by atoms with Crippen LogP contribution < -0.4 is 4.74 Å². The molecule has 0 aromatic heterocycles. The van der Waals surface area contributed by atoms with E-state index in [0.29, 0.717) is 5.56 Å². The van der Waals surface area contributed by atoms with Crippen molar-refractivity contribution in [3.8, 4) is 23.0 Å². The van der Waals surface area contributed by atoms with Crippen molar-refractivity contribution in [1.29, 1.82) is 0 Å². The molecule has 0 amide bonds. The van der Waals surface area contributed by atoms with E-state index in [-0.39, 0.29) is 17.1 Å². The molecule has 3 aliphatic heterocycles. The van der Waals surface area contributed by atoms with E-state index in [9.17, 15) is 61.0 Å². The van der Waals surface area contributed by atoms with E-state index in [1.54, 1.807) is 0 Å². The minimum atomic E-state index is -2.07. The Balaban J connectivity index is 1.44. The predicted octanol–water partition coefficient (Wildman–Crippen LogP) is -2.76. The van der Waals surface area contributed by atoms with Crippen LogP contribution in [0.25, 0.3) is 6.08 Å². The Hall–Kier alpha value is -3.71. The second-order valence-corrected chi connectivity index (χ2v) is 13.3. The first-order valence-electron chi connectivity index (χ1n) is 17.1. The lowest BCUT2D eigenvalue weighted by Gasteiger charge is -2.47. The lowest BCUT2D eigenvalue weighted by atomic mass is 9.96. The maximum Gasteiger partial charge on any atom is 0.331 e. The summed E-state index contributed by atoms with van der Waals surface area (Å²) in [7, 11) is 1.33. The number of aliphatic hydroxyl groups is 8. The number of esters is 1. The maximum atomic E-state index is 13.3. The van der Waals surface area contributed by atoms with Gasteiger partial charge in [-0.25, -0.2) is 4.79 Å². The van der Waals surface area contributed by atoms with Crippen LogP contribution in [0.15, 0.2) is 42.5 Å². The molecule has 3 fully saturated rings. The lowest BCUT2D eigenvalue weighted by molar-refractivity contribution is -0.361. The van der Waals surface area contributed by atoms with Gasteiger partial charge in [0, 0.05) is 6.08 Å². The van der Waals surface area contributed by atoms with Gasteiger partial charge < -0.3 is 94.1 Å². The molecule has 5 rings (SSSR count). The van der Waals surface area contributed by atoms with Gasteiger partial charge in [0.2, 0.25) is 0 Å². The minimum Gasteiger partial charge on any atom is -0.504 e. The van der Waals surface area contributed by atoms with E-state index in [2.05, 4.69) is 0 Å². The molecule has 2 aromatic carbocycles. The molecular formula is C35H46O20. The number of benzene rings is 2. The molecule has 2 aromatic rings. The fraction of sp³-hybridized carbons (Fsp3) is 0.571. The van der Waals surface area contributed by atoms with Crippen molar-refractivity contribution >= 4 is 12.0 Å². The smallest absolute Gasteiger partial charge is 0.331 e. The van der Waals surface area contributed by atoms with E-state index in [4.69, 9.17) is 37.9 Å². The van der Waals surface area contributed by atoms with Gasteiger partial charge in [-0.15, -0.1) is 0 Å². The number of ether oxygens (including phenoxy) is 8. The summed E-state index contributed by atoms with van der Waals surface area (Å²) in [5, 5.41) is 114. The molecule has 0 radical (unpaired) electrons. The molecule has 11 N–H and O–H groups in total. The van der Waals surface area contributed by atoms with E-state index < -0.39 is 129 Å². The highest BCUT2D eigenvalue weighted by Gasteiger charge is 2.54. The first-order valence-corrected chi connectivity index (χ1v) is 17.1. The molecule has 0 saturated carbocycles. The molecule has 3 heterocycles. The van der Waals surface area contributed by atoms with Crippen molar-refractivity contribution in [3.63, 3.8) is 0 Å². The average molecular weight is 787 g/mol. The van der Waals surface area contributed by atoms with E-state index >= 15 is 0 Å². The Morgan fingerprint density at radius 2 is 1.62 bits per heavy atom. The molecule has 0 spiro atoms. The summed E-state index contributed by atoms with van der Waals surface area (Å²) in [6.45, 7) is -1.27. The van der Waals surface area contributed by atoms with Gasteiger partial charge in [0.25, 0.3) is 0 Å². The molecule has 306 valence electrons. The Labute approximate surface area is 313 Å². The second-order valence-electron chi connectivity index (χ2n) is 13.3. The zero-order valence-electron chi connectivity index (χ0n) is 29.5. The third kappa shape index (κ3) is 9.64. The van der Waals surface area contributed by atoms with Gasteiger partial charge in [-0.3, -0.25) is 0 Å². The number of carbonyl (C=O) groups is 1. The molecular weight excluding hydrogens is 740 g/mol. The number of phenolic OH excluding ortho intramolecular Hbond substituents is 3. The van der Waals surface area contributed by atoms with Gasteiger partial charge in [-0.1, -0.05) is 12.1 Å². The number of rotatable bonds is 14. The number of aliphatic hydroxyl groups excluding tert-OH is 7.